The normalized spacial score (nSPS) is 45.8. The molecule has 0 aliphatic carbocycles. The van der Waals surface area contributed by atoms with Crippen LogP contribution in [0.2, 0.25) is 0 Å². The van der Waals surface area contributed by atoms with Gasteiger partial charge in [0, 0.05) is 0 Å². The Kier molecular flexibility index (Phi) is 8.90. The minimum Gasteiger partial charge on any atom is -0.394 e. The number of hydrogen-bond donors (Lipinski definition) is 9. The average Bonchev–Trinajstić information content (AvgIpc) is 2.70. The summed E-state index contributed by atoms with van der Waals surface area (Å²) in [4.78, 5) is 0. The summed E-state index contributed by atoms with van der Waals surface area (Å²) in [5.74, 6) is 0. The van der Waals surface area contributed by atoms with Crippen molar-refractivity contribution in [3.8, 4) is 0 Å². The minimum absolute atomic E-state index is 0.415. The van der Waals surface area contributed by atoms with E-state index >= 15 is 0 Å². The highest BCUT2D eigenvalue weighted by Crippen LogP contribution is 2.25. The van der Waals surface area contributed by atoms with E-state index in [4.69, 9.17) is 29.2 Å². The fourth-order valence-electron chi connectivity index (χ4n) is 2.85. The molecule has 13 nitrogen and oxygen atoms in total. The first kappa shape index (κ1) is 23.8. The van der Waals surface area contributed by atoms with Gasteiger partial charge in [-0.3, -0.25) is 0 Å². The van der Waals surface area contributed by atoms with Crippen molar-refractivity contribution in [2.24, 2.45) is 0 Å². The van der Waals surface area contributed by atoms with Gasteiger partial charge in [0.2, 0.25) is 0 Å². The molecule has 2 rings (SSSR count). The van der Waals surface area contributed by atoms with Gasteiger partial charge in [-0.25, -0.2) is 0 Å². The highest BCUT2D eigenvalue weighted by molar-refractivity contribution is 4.91. The van der Waals surface area contributed by atoms with E-state index in [1.807, 2.05) is 0 Å². The highest BCUT2D eigenvalue weighted by atomic mass is 16.7. The van der Waals surface area contributed by atoms with Gasteiger partial charge in [0.25, 0.3) is 0 Å². The lowest BCUT2D eigenvalue weighted by molar-refractivity contribution is -0.332. The average molecular weight is 416 g/mol. The summed E-state index contributed by atoms with van der Waals surface area (Å²) in [5.41, 5.74) is 0. The maximum absolute atomic E-state index is 10.0. The van der Waals surface area contributed by atoms with Gasteiger partial charge in [-0.15, -0.1) is 0 Å². The fourth-order valence-corrected chi connectivity index (χ4v) is 2.85. The first-order chi connectivity index (χ1) is 13.2. The Bertz CT molecular complexity index is 465. The second kappa shape index (κ2) is 10.5. The van der Waals surface area contributed by atoms with Crippen LogP contribution in [0.25, 0.3) is 0 Å². The predicted molar refractivity (Wildman–Crippen MR) is 85.4 cm³/mol. The van der Waals surface area contributed by atoms with Crippen molar-refractivity contribution in [2.45, 2.75) is 67.5 Å². The van der Waals surface area contributed by atoms with Crippen LogP contribution in [0.1, 0.15) is 0 Å². The molecular weight excluding hydrogens is 388 g/mol. The molecule has 0 aromatic rings. The molecule has 2 fully saturated rings. The molecule has 166 valence electrons. The Morgan fingerprint density at radius 2 is 1.18 bits per heavy atom. The van der Waals surface area contributed by atoms with E-state index in [2.05, 4.69) is 0 Å². The van der Waals surface area contributed by atoms with E-state index in [9.17, 15) is 35.7 Å². The Morgan fingerprint density at radius 1 is 0.679 bits per heavy atom. The van der Waals surface area contributed by atoms with E-state index < -0.39 is 93.9 Å². The Balaban J connectivity index is 1.95. The van der Waals surface area contributed by atoms with Crippen LogP contribution in [0.3, 0.4) is 0 Å². The first-order valence-electron chi connectivity index (χ1n) is 8.73. The van der Waals surface area contributed by atoms with Gasteiger partial charge in [0.05, 0.1) is 26.4 Å². The highest BCUT2D eigenvalue weighted by Gasteiger charge is 2.47. The molecule has 28 heavy (non-hydrogen) atoms. The number of aliphatic hydroxyl groups is 9. The lowest BCUT2D eigenvalue weighted by atomic mass is 9.98. The molecule has 2 heterocycles. The third kappa shape index (κ3) is 5.34. The second-order valence-electron chi connectivity index (χ2n) is 6.72. The third-order valence-corrected chi connectivity index (χ3v) is 4.61. The van der Waals surface area contributed by atoms with Crippen molar-refractivity contribution in [2.75, 3.05) is 26.4 Å². The molecule has 2 aliphatic heterocycles. The van der Waals surface area contributed by atoms with Crippen LogP contribution in [0.4, 0.5) is 0 Å². The molecule has 2 aliphatic rings. The number of aliphatic hydroxyl groups excluding tert-OH is 9. The molecular formula is C15H28O13. The van der Waals surface area contributed by atoms with Gasteiger partial charge < -0.3 is 64.9 Å². The molecule has 11 atom stereocenters. The number of rotatable bonds is 8. The van der Waals surface area contributed by atoms with Crippen LogP contribution < -0.4 is 0 Å². The van der Waals surface area contributed by atoms with Gasteiger partial charge in [-0.2, -0.15) is 0 Å². The van der Waals surface area contributed by atoms with E-state index in [0.29, 0.717) is 0 Å². The molecule has 0 unspecified atom stereocenters. The topological polar surface area (TPSA) is 219 Å². The summed E-state index contributed by atoms with van der Waals surface area (Å²) < 4.78 is 20.8. The van der Waals surface area contributed by atoms with E-state index in [1.54, 1.807) is 0 Å². The molecule has 0 saturated carbocycles. The van der Waals surface area contributed by atoms with Crippen LogP contribution in [-0.4, -0.2) is 140 Å². The standard InChI is InChI=1S/C15H28O13/c16-1-5(18)3-25-14-13(24)11(22)9(20)7(28-14)4-26-15-12(23)10(21)8(19)6(2-17)27-15/h5-24H,1-4H2/t5-,6-,7-,8+,9+,10+,11+,12-,13-,14-,15+/m1/s1. The Morgan fingerprint density at radius 3 is 1.71 bits per heavy atom. The monoisotopic (exact) mass is 416 g/mol. The molecule has 0 bridgehead atoms. The first-order valence-corrected chi connectivity index (χ1v) is 8.73. The quantitative estimate of drug-likeness (QED) is 0.180. The lowest BCUT2D eigenvalue weighted by Crippen LogP contribution is -2.61. The Hall–Kier alpha value is -0.520. The van der Waals surface area contributed by atoms with E-state index in [1.165, 1.54) is 0 Å². The third-order valence-electron chi connectivity index (χ3n) is 4.61. The fraction of sp³-hybridized carbons (Fsp3) is 1.00. The summed E-state index contributed by atoms with van der Waals surface area (Å²) in [6.45, 7) is -2.16. The van der Waals surface area contributed by atoms with E-state index in [-0.39, 0.29) is 0 Å². The minimum atomic E-state index is -1.69. The Labute approximate surface area is 159 Å². The summed E-state index contributed by atoms with van der Waals surface area (Å²) in [6, 6.07) is 0. The van der Waals surface area contributed by atoms with Crippen molar-refractivity contribution >= 4 is 0 Å². The summed E-state index contributed by atoms with van der Waals surface area (Å²) in [5, 5.41) is 86.5. The van der Waals surface area contributed by atoms with Crippen LogP contribution in [0.15, 0.2) is 0 Å². The molecule has 9 N–H and O–H groups in total. The zero-order valence-electron chi connectivity index (χ0n) is 14.8. The summed E-state index contributed by atoms with van der Waals surface area (Å²) in [6.07, 6.45) is -16.5. The van der Waals surface area contributed by atoms with Crippen LogP contribution in [0.5, 0.6) is 0 Å². The van der Waals surface area contributed by atoms with Crippen LogP contribution in [0, 0.1) is 0 Å². The maximum Gasteiger partial charge on any atom is 0.186 e. The van der Waals surface area contributed by atoms with E-state index in [0.717, 1.165) is 0 Å². The lowest BCUT2D eigenvalue weighted by Gasteiger charge is -2.42. The van der Waals surface area contributed by atoms with Gasteiger partial charge in [-0.05, 0) is 0 Å². The summed E-state index contributed by atoms with van der Waals surface area (Å²) >= 11 is 0. The van der Waals surface area contributed by atoms with Crippen LogP contribution in [-0.2, 0) is 18.9 Å². The molecule has 0 spiro atoms. The zero-order valence-corrected chi connectivity index (χ0v) is 14.8. The zero-order chi connectivity index (χ0) is 21.0. The predicted octanol–water partition coefficient (Wildman–Crippen LogP) is -6.02. The van der Waals surface area contributed by atoms with Gasteiger partial charge in [-0.1, -0.05) is 0 Å². The smallest absolute Gasteiger partial charge is 0.186 e. The summed E-state index contributed by atoms with van der Waals surface area (Å²) in [7, 11) is 0. The molecule has 0 radical (unpaired) electrons. The molecule has 0 aromatic heterocycles. The number of hydrogen-bond acceptors (Lipinski definition) is 13. The SMILES string of the molecule is OC[C@@H](O)CO[C@@H]1O[C@H](CO[C@H]2O[C@H](CO)[C@H](O)[C@H](O)[C@H]2O)[C@H](O)[C@H](O)[C@H]1O. The maximum atomic E-state index is 10.0. The van der Waals surface area contributed by atoms with Crippen molar-refractivity contribution in [1.82, 2.24) is 0 Å². The number of ether oxygens (including phenoxy) is 4. The van der Waals surface area contributed by atoms with Crippen molar-refractivity contribution in [1.29, 1.82) is 0 Å². The van der Waals surface area contributed by atoms with Crippen molar-refractivity contribution < 1.29 is 64.9 Å². The molecule has 0 aromatic carbocycles. The molecule has 2 saturated heterocycles. The van der Waals surface area contributed by atoms with Gasteiger partial charge in [0.1, 0.15) is 54.9 Å². The van der Waals surface area contributed by atoms with Crippen molar-refractivity contribution in [3.05, 3.63) is 0 Å². The second-order valence-corrected chi connectivity index (χ2v) is 6.72. The van der Waals surface area contributed by atoms with Gasteiger partial charge >= 0.3 is 0 Å². The van der Waals surface area contributed by atoms with Crippen molar-refractivity contribution in [3.63, 3.8) is 0 Å². The largest absolute Gasteiger partial charge is 0.394 e. The van der Waals surface area contributed by atoms with Gasteiger partial charge in [0.15, 0.2) is 12.6 Å². The van der Waals surface area contributed by atoms with Crippen LogP contribution >= 0.6 is 0 Å². The molecule has 13 heteroatoms. The molecule has 0 amide bonds.